The second kappa shape index (κ2) is 7.40. The SMILES string of the molecule is COc1ccc2nc(S[C@H](C)C(=O)NCc3ccc4c(c3)OCO4)[nH]c2c1. The smallest absolute Gasteiger partial charge is 0.233 e. The van der Waals surface area contributed by atoms with Crippen molar-refractivity contribution in [3.05, 3.63) is 42.0 Å². The van der Waals surface area contributed by atoms with E-state index in [1.807, 2.05) is 43.3 Å². The number of nitrogens with zero attached hydrogens (tertiary/aromatic N) is 1. The first-order valence-corrected chi connectivity index (χ1v) is 9.37. The van der Waals surface area contributed by atoms with Crippen LogP contribution in [0, 0.1) is 0 Å². The van der Waals surface area contributed by atoms with Crippen LogP contribution in [0.15, 0.2) is 41.6 Å². The number of thioether (sulfide) groups is 1. The van der Waals surface area contributed by atoms with Crippen LogP contribution in [0.2, 0.25) is 0 Å². The van der Waals surface area contributed by atoms with Crippen LogP contribution in [0.3, 0.4) is 0 Å². The lowest BCUT2D eigenvalue weighted by atomic mass is 10.2. The number of rotatable bonds is 6. The molecule has 1 aliphatic rings. The fraction of sp³-hybridized carbons (Fsp3) is 0.263. The number of amides is 1. The van der Waals surface area contributed by atoms with Crippen LogP contribution in [0.4, 0.5) is 0 Å². The van der Waals surface area contributed by atoms with Gasteiger partial charge in [-0.25, -0.2) is 4.98 Å². The van der Waals surface area contributed by atoms with Crippen molar-refractivity contribution in [3.63, 3.8) is 0 Å². The lowest BCUT2D eigenvalue weighted by molar-refractivity contribution is -0.120. The molecule has 1 aromatic heterocycles. The Bertz CT molecular complexity index is 988. The third-order valence-electron chi connectivity index (χ3n) is 4.23. The van der Waals surface area contributed by atoms with Crippen molar-refractivity contribution in [2.24, 2.45) is 0 Å². The summed E-state index contributed by atoms with van der Waals surface area (Å²) in [6, 6.07) is 11.3. The highest BCUT2D eigenvalue weighted by Crippen LogP contribution is 2.32. The number of carbonyl (C=O) groups excluding carboxylic acids is 1. The first kappa shape index (κ1) is 17.5. The molecule has 0 aliphatic carbocycles. The van der Waals surface area contributed by atoms with Gasteiger partial charge in [-0.15, -0.1) is 0 Å². The lowest BCUT2D eigenvalue weighted by Crippen LogP contribution is -2.30. The molecule has 4 rings (SSSR count). The molecule has 7 nitrogen and oxygen atoms in total. The van der Waals surface area contributed by atoms with Gasteiger partial charge < -0.3 is 24.5 Å². The zero-order valence-corrected chi connectivity index (χ0v) is 15.8. The number of methoxy groups -OCH3 is 1. The van der Waals surface area contributed by atoms with Crippen LogP contribution < -0.4 is 19.5 Å². The Kier molecular flexibility index (Phi) is 4.81. The summed E-state index contributed by atoms with van der Waals surface area (Å²) in [4.78, 5) is 20.1. The zero-order valence-electron chi connectivity index (χ0n) is 14.9. The normalized spacial score (nSPS) is 13.6. The van der Waals surface area contributed by atoms with Crippen molar-refractivity contribution < 1.29 is 19.0 Å². The van der Waals surface area contributed by atoms with Gasteiger partial charge in [0.2, 0.25) is 12.7 Å². The molecule has 2 N–H and O–H groups in total. The minimum absolute atomic E-state index is 0.0595. The van der Waals surface area contributed by atoms with E-state index in [0.29, 0.717) is 17.5 Å². The molecule has 0 fully saturated rings. The Morgan fingerprint density at radius 2 is 2.15 bits per heavy atom. The van der Waals surface area contributed by atoms with Crippen LogP contribution in [0.5, 0.6) is 17.2 Å². The first-order chi connectivity index (χ1) is 13.1. The minimum atomic E-state index is -0.290. The average Bonchev–Trinajstić information content (AvgIpc) is 3.30. The summed E-state index contributed by atoms with van der Waals surface area (Å²) in [5.41, 5.74) is 2.68. The molecular formula is C19H19N3O4S. The molecule has 0 bridgehead atoms. The van der Waals surface area contributed by atoms with E-state index in [9.17, 15) is 4.79 Å². The second-order valence-corrected chi connectivity index (χ2v) is 7.42. The number of fused-ring (bicyclic) bond motifs is 2. The van der Waals surface area contributed by atoms with E-state index in [1.165, 1.54) is 11.8 Å². The molecule has 0 saturated carbocycles. The van der Waals surface area contributed by atoms with Gasteiger partial charge in [0.15, 0.2) is 16.7 Å². The highest BCUT2D eigenvalue weighted by Gasteiger charge is 2.18. The number of aromatic nitrogens is 2. The second-order valence-electron chi connectivity index (χ2n) is 6.09. The number of carbonyl (C=O) groups is 1. The average molecular weight is 385 g/mol. The number of nitrogens with one attached hydrogen (secondary N) is 2. The molecule has 2 heterocycles. The van der Waals surface area contributed by atoms with Crippen molar-refractivity contribution in [3.8, 4) is 17.2 Å². The number of ether oxygens (including phenoxy) is 3. The molecular weight excluding hydrogens is 366 g/mol. The van der Waals surface area contributed by atoms with Crippen LogP contribution in [-0.2, 0) is 11.3 Å². The van der Waals surface area contributed by atoms with Crippen molar-refractivity contribution in [1.29, 1.82) is 0 Å². The minimum Gasteiger partial charge on any atom is -0.497 e. The number of benzene rings is 2. The Labute approximate surface area is 160 Å². The summed E-state index contributed by atoms with van der Waals surface area (Å²) in [5, 5.41) is 3.35. The molecule has 0 unspecified atom stereocenters. The van der Waals surface area contributed by atoms with E-state index in [4.69, 9.17) is 14.2 Å². The van der Waals surface area contributed by atoms with E-state index < -0.39 is 0 Å². The molecule has 1 aliphatic heterocycles. The standard InChI is InChI=1S/C19H19N3O4S/c1-11(27-19-21-14-5-4-13(24-2)8-15(14)22-19)18(23)20-9-12-3-6-16-17(7-12)26-10-25-16/h3-8,11H,9-10H2,1-2H3,(H,20,23)(H,21,22)/t11-/m1/s1. The van der Waals surface area contributed by atoms with E-state index >= 15 is 0 Å². The number of hydrogen-bond donors (Lipinski definition) is 2. The van der Waals surface area contributed by atoms with Crippen molar-refractivity contribution in [2.45, 2.75) is 23.9 Å². The largest absolute Gasteiger partial charge is 0.497 e. The Hall–Kier alpha value is -2.87. The van der Waals surface area contributed by atoms with Gasteiger partial charge in [0.05, 0.1) is 23.4 Å². The highest BCUT2D eigenvalue weighted by molar-refractivity contribution is 8.00. The predicted octanol–water partition coefficient (Wildman–Crippen LogP) is 3.10. The molecule has 0 saturated heterocycles. The Morgan fingerprint density at radius 3 is 3.00 bits per heavy atom. The van der Waals surface area contributed by atoms with Crippen LogP contribution in [0.25, 0.3) is 11.0 Å². The van der Waals surface area contributed by atoms with Gasteiger partial charge in [0.1, 0.15) is 5.75 Å². The summed E-state index contributed by atoms with van der Waals surface area (Å²) in [5.74, 6) is 2.14. The Morgan fingerprint density at radius 1 is 1.30 bits per heavy atom. The van der Waals surface area contributed by atoms with Gasteiger partial charge >= 0.3 is 0 Å². The van der Waals surface area contributed by atoms with E-state index in [2.05, 4.69) is 15.3 Å². The van der Waals surface area contributed by atoms with E-state index in [1.54, 1.807) is 7.11 Å². The molecule has 140 valence electrons. The van der Waals surface area contributed by atoms with Gasteiger partial charge in [-0.2, -0.15) is 0 Å². The molecule has 1 amide bonds. The maximum Gasteiger partial charge on any atom is 0.233 e. The monoisotopic (exact) mass is 385 g/mol. The maximum absolute atomic E-state index is 12.4. The maximum atomic E-state index is 12.4. The fourth-order valence-corrected chi connectivity index (χ4v) is 3.60. The van der Waals surface area contributed by atoms with Gasteiger partial charge in [0, 0.05) is 12.6 Å². The zero-order chi connectivity index (χ0) is 18.8. The summed E-state index contributed by atoms with van der Waals surface area (Å²) in [6.45, 7) is 2.52. The predicted molar refractivity (Wildman–Crippen MR) is 102 cm³/mol. The van der Waals surface area contributed by atoms with Crippen molar-refractivity contribution in [1.82, 2.24) is 15.3 Å². The molecule has 0 radical (unpaired) electrons. The summed E-state index contributed by atoms with van der Waals surface area (Å²) in [7, 11) is 1.62. The quantitative estimate of drug-likeness (QED) is 0.634. The van der Waals surface area contributed by atoms with Gasteiger partial charge in [-0.05, 0) is 36.8 Å². The summed E-state index contributed by atoms with van der Waals surface area (Å²) in [6.07, 6.45) is 0. The topological polar surface area (TPSA) is 85.5 Å². The number of aromatic amines is 1. The molecule has 3 aromatic rings. The summed E-state index contributed by atoms with van der Waals surface area (Å²) >= 11 is 1.38. The van der Waals surface area contributed by atoms with Gasteiger partial charge in [0.25, 0.3) is 0 Å². The third kappa shape index (κ3) is 3.80. The van der Waals surface area contributed by atoms with Gasteiger partial charge in [-0.3, -0.25) is 4.79 Å². The van der Waals surface area contributed by atoms with Gasteiger partial charge in [-0.1, -0.05) is 17.8 Å². The third-order valence-corrected chi connectivity index (χ3v) is 5.21. The Balaban J connectivity index is 1.36. The fourth-order valence-electron chi connectivity index (χ4n) is 2.75. The van der Waals surface area contributed by atoms with Crippen molar-refractivity contribution in [2.75, 3.05) is 13.9 Å². The number of imidazole rings is 1. The molecule has 8 heteroatoms. The number of hydrogen-bond acceptors (Lipinski definition) is 6. The highest BCUT2D eigenvalue weighted by atomic mass is 32.2. The number of H-pyrrole nitrogens is 1. The molecule has 2 aromatic carbocycles. The van der Waals surface area contributed by atoms with Crippen LogP contribution in [-0.4, -0.2) is 35.0 Å². The first-order valence-electron chi connectivity index (χ1n) is 8.49. The lowest BCUT2D eigenvalue weighted by Gasteiger charge is -2.11. The van der Waals surface area contributed by atoms with Crippen LogP contribution in [0.1, 0.15) is 12.5 Å². The van der Waals surface area contributed by atoms with Crippen molar-refractivity contribution >= 4 is 28.7 Å². The van der Waals surface area contributed by atoms with Crippen LogP contribution >= 0.6 is 11.8 Å². The summed E-state index contributed by atoms with van der Waals surface area (Å²) < 4.78 is 15.9. The van der Waals surface area contributed by atoms with E-state index in [0.717, 1.165) is 28.1 Å². The molecule has 1 atom stereocenters. The molecule has 27 heavy (non-hydrogen) atoms. The molecule has 0 spiro atoms. The van der Waals surface area contributed by atoms with E-state index in [-0.39, 0.29) is 18.0 Å².